The lowest BCUT2D eigenvalue weighted by atomic mass is 10.1. The maximum atomic E-state index is 12.4. The lowest BCUT2D eigenvalue weighted by Gasteiger charge is -2.10. The van der Waals surface area contributed by atoms with E-state index in [0.29, 0.717) is 28.6 Å². The molecule has 6 nitrogen and oxygen atoms in total. The van der Waals surface area contributed by atoms with Gasteiger partial charge in [-0.25, -0.2) is 9.97 Å². The first-order chi connectivity index (χ1) is 15.1. The van der Waals surface area contributed by atoms with Crippen LogP contribution >= 0.6 is 11.6 Å². The summed E-state index contributed by atoms with van der Waals surface area (Å²) in [7, 11) is 0. The van der Waals surface area contributed by atoms with Gasteiger partial charge in [0.2, 0.25) is 0 Å². The van der Waals surface area contributed by atoms with Gasteiger partial charge in [-0.2, -0.15) is 0 Å². The van der Waals surface area contributed by atoms with Crippen LogP contribution in [0.3, 0.4) is 0 Å². The van der Waals surface area contributed by atoms with Crippen LogP contribution in [0.15, 0.2) is 79.3 Å². The molecule has 31 heavy (non-hydrogen) atoms. The van der Waals surface area contributed by atoms with Crippen molar-refractivity contribution in [3.8, 4) is 0 Å². The van der Waals surface area contributed by atoms with Crippen LogP contribution in [-0.2, 0) is 13.1 Å². The SMILES string of the molecule is Cc1nccn1Cc1cccc(CNc2ccc(C(=O)Nc3cccc(Cl)c3)cn2)c1. The van der Waals surface area contributed by atoms with E-state index in [1.807, 2.05) is 19.3 Å². The van der Waals surface area contributed by atoms with Gasteiger partial charge < -0.3 is 15.2 Å². The Kier molecular flexibility index (Phi) is 6.29. The molecule has 7 heteroatoms. The van der Waals surface area contributed by atoms with Gasteiger partial charge >= 0.3 is 0 Å². The summed E-state index contributed by atoms with van der Waals surface area (Å²) in [5.41, 5.74) is 3.48. The fourth-order valence-electron chi connectivity index (χ4n) is 3.20. The van der Waals surface area contributed by atoms with Crippen LogP contribution in [0.2, 0.25) is 5.02 Å². The van der Waals surface area contributed by atoms with E-state index in [1.54, 1.807) is 42.6 Å². The van der Waals surface area contributed by atoms with E-state index in [9.17, 15) is 4.79 Å². The van der Waals surface area contributed by atoms with E-state index in [-0.39, 0.29) is 5.91 Å². The molecule has 2 aromatic carbocycles. The zero-order valence-corrected chi connectivity index (χ0v) is 17.8. The second-order valence-electron chi connectivity index (χ2n) is 7.17. The van der Waals surface area contributed by atoms with E-state index in [1.165, 1.54) is 5.56 Å². The fourth-order valence-corrected chi connectivity index (χ4v) is 3.39. The van der Waals surface area contributed by atoms with Crippen LogP contribution in [0.5, 0.6) is 0 Å². The third kappa shape index (κ3) is 5.49. The number of carbonyl (C=O) groups excluding carboxylic acids is 1. The Balaban J connectivity index is 1.34. The number of nitrogens with one attached hydrogen (secondary N) is 2. The van der Waals surface area contributed by atoms with Crippen molar-refractivity contribution < 1.29 is 4.79 Å². The van der Waals surface area contributed by atoms with Crippen molar-refractivity contribution >= 4 is 29.0 Å². The molecule has 1 amide bonds. The van der Waals surface area contributed by atoms with Gasteiger partial charge in [0.1, 0.15) is 11.6 Å². The molecule has 4 rings (SSSR count). The number of pyridine rings is 1. The maximum Gasteiger partial charge on any atom is 0.257 e. The van der Waals surface area contributed by atoms with Crippen LogP contribution in [0.4, 0.5) is 11.5 Å². The average Bonchev–Trinajstić information content (AvgIpc) is 3.17. The third-order valence-corrected chi connectivity index (χ3v) is 5.08. The second kappa shape index (κ2) is 9.45. The number of benzene rings is 2. The number of halogens is 1. The Bertz CT molecular complexity index is 1190. The summed E-state index contributed by atoms with van der Waals surface area (Å²) in [6, 6.07) is 19.0. The smallest absolute Gasteiger partial charge is 0.257 e. The number of hydrogen-bond acceptors (Lipinski definition) is 4. The maximum absolute atomic E-state index is 12.4. The van der Waals surface area contributed by atoms with E-state index >= 15 is 0 Å². The molecule has 0 unspecified atom stereocenters. The number of nitrogens with zero attached hydrogens (tertiary/aromatic N) is 3. The lowest BCUT2D eigenvalue weighted by Crippen LogP contribution is -2.12. The van der Waals surface area contributed by atoms with E-state index in [0.717, 1.165) is 17.9 Å². The molecule has 0 fully saturated rings. The summed E-state index contributed by atoms with van der Waals surface area (Å²) >= 11 is 5.96. The van der Waals surface area contributed by atoms with Crippen molar-refractivity contribution in [2.45, 2.75) is 20.0 Å². The van der Waals surface area contributed by atoms with Crippen molar-refractivity contribution in [2.75, 3.05) is 10.6 Å². The number of aromatic nitrogens is 3. The molecule has 0 aliphatic carbocycles. The quantitative estimate of drug-likeness (QED) is 0.424. The van der Waals surface area contributed by atoms with E-state index in [2.05, 4.69) is 49.4 Å². The molecule has 0 saturated carbocycles. The standard InChI is InChI=1S/C24H22ClN5O/c1-17-26-10-11-30(17)16-19-5-2-4-18(12-19)14-27-23-9-8-20(15-28-23)24(31)29-22-7-3-6-21(25)13-22/h2-13,15H,14,16H2,1H3,(H,27,28)(H,29,31). The van der Waals surface area contributed by atoms with Crippen molar-refractivity contribution in [2.24, 2.45) is 0 Å². The van der Waals surface area contributed by atoms with Gasteiger partial charge in [0.25, 0.3) is 5.91 Å². The van der Waals surface area contributed by atoms with Gasteiger partial charge in [-0.05, 0) is 48.4 Å². The highest BCUT2D eigenvalue weighted by atomic mass is 35.5. The highest BCUT2D eigenvalue weighted by molar-refractivity contribution is 6.30. The molecule has 4 aromatic rings. The third-order valence-electron chi connectivity index (χ3n) is 4.85. The molecule has 0 atom stereocenters. The summed E-state index contributed by atoms with van der Waals surface area (Å²) in [5.74, 6) is 1.46. The molecular weight excluding hydrogens is 410 g/mol. The van der Waals surface area contributed by atoms with Crippen LogP contribution in [-0.4, -0.2) is 20.4 Å². The molecule has 0 spiro atoms. The first-order valence-corrected chi connectivity index (χ1v) is 10.3. The zero-order valence-electron chi connectivity index (χ0n) is 17.0. The fraction of sp³-hybridized carbons (Fsp3) is 0.125. The summed E-state index contributed by atoms with van der Waals surface area (Å²) < 4.78 is 2.11. The number of amides is 1. The van der Waals surface area contributed by atoms with Crippen LogP contribution < -0.4 is 10.6 Å². The number of imidazole rings is 1. The Labute approximate surface area is 185 Å². The second-order valence-corrected chi connectivity index (χ2v) is 7.61. The number of rotatable bonds is 7. The molecule has 2 heterocycles. The Morgan fingerprint density at radius 3 is 2.61 bits per heavy atom. The molecule has 2 N–H and O–H groups in total. The minimum atomic E-state index is -0.233. The van der Waals surface area contributed by atoms with E-state index in [4.69, 9.17) is 11.6 Å². The van der Waals surface area contributed by atoms with Gasteiger partial charge in [-0.3, -0.25) is 4.79 Å². The first kappa shape index (κ1) is 20.6. The Hall–Kier alpha value is -3.64. The molecule has 156 valence electrons. The number of anilines is 2. The normalized spacial score (nSPS) is 10.6. The predicted molar refractivity (Wildman–Crippen MR) is 123 cm³/mol. The summed E-state index contributed by atoms with van der Waals surface area (Å²) in [4.78, 5) is 21.0. The highest BCUT2D eigenvalue weighted by Gasteiger charge is 2.07. The van der Waals surface area contributed by atoms with Crippen molar-refractivity contribution in [3.05, 3.63) is 107 Å². The molecule has 0 aliphatic rings. The van der Waals surface area contributed by atoms with Gasteiger partial charge in [0, 0.05) is 42.4 Å². The number of carbonyl (C=O) groups is 1. The van der Waals surface area contributed by atoms with Gasteiger partial charge in [-0.1, -0.05) is 41.9 Å². The molecule has 0 radical (unpaired) electrons. The minimum Gasteiger partial charge on any atom is -0.366 e. The van der Waals surface area contributed by atoms with Crippen LogP contribution in [0, 0.1) is 6.92 Å². The minimum absolute atomic E-state index is 0.233. The van der Waals surface area contributed by atoms with Crippen molar-refractivity contribution in [1.29, 1.82) is 0 Å². The van der Waals surface area contributed by atoms with Crippen molar-refractivity contribution in [1.82, 2.24) is 14.5 Å². The molecular formula is C24H22ClN5O. The Morgan fingerprint density at radius 2 is 1.87 bits per heavy atom. The average molecular weight is 432 g/mol. The lowest BCUT2D eigenvalue weighted by molar-refractivity contribution is 0.102. The Morgan fingerprint density at radius 1 is 1.03 bits per heavy atom. The van der Waals surface area contributed by atoms with Crippen LogP contribution in [0.25, 0.3) is 0 Å². The van der Waals surface area contributed by atoms with Gasteiger partial charge in [-0.15, -0.1) is 0 Å². The summed E-state index contributed by atoms with van der Waals surface area (Å²) in [5, 5.41) is 6.69. The highest BCUT2D eigenvalue weighted by Crippen LogP contribution is 2.16. The summed E-state index contributed by atoms with van der Waals surface area (Å²) in [6.07, 6.45) is 5.35. The van der Waals surface area contributed by atoms with E-state index < -0.39 is 0 Å². The molecule has 0 saturated heterocycles. The largest absolute Gasteiger partial charge is 0.366 e. The van der Waals surface area contributed by atoms with Crippen LogP contribution in [0.1, 0.15) is 27.3 Å². The first-order valence-electron chi connectivity index (χ1n) is 9.89. The number of hydrogen-bond donors (Lipinski definition) is 2. The van der Waals surface area contributed by atoms with Crippen molar-refractivity contribution in [3.63, 3.8) is 0 Å². The predicted octanol–water partition coefficient (Wildman–Crippen LogP) is 5.15. The number of aryl methyl sites for hydroxylation is 1. The topological polar surface area (TPSA) is 71.8 Å². The summed E-state index contributed by atoms with van der Waals surface area (Å²) in [6.45, 7) is 3.42. The molecule has 0 bridgehead atoms. The van der Waals surface area contributed by atoms with Gasteiger partial charge in [0.15, 0.2) is 0 Å². The molecule has 2 aromatic heterocycles. The molecule has 0 aliphatic heterocycles. The monoisotopic (exact) mass is 431 g/mol. The zero-order chi connectivity index (χ0) is 21.6. The van der Waals surface area contributed by atoms with Gasteiger partial charge in [0.05, 0.1) is 5.56 Å².